The van der Waals surface area contributed by atoms with Gasteiger partial charge >= 0.3 is 0 Å². The molecule has 0 aliphatic carbocycles. The van der Waals surface area contributed by atoms with Gasteiger partial charge in [0.25, 0.3) is 5.91 Å². The molecule has 7 heteroatoms. The first-order valence-electron chi connectivity index (χ1n) is 9.95. The highest BCUT2D eigenvalue weighted by molar-refractivity contribution is 9.10. The number of halogens is 1. The maximum atomic E-state index is 13.5. The van der Waals surface area contributed by atoms with Gasteiger partial charge in [0.05, 0.1) is 24.1 Å². The molecule has 32 heavy (non-hydrogen) atoms. The SMILES string of the molecule is COc1ccc(CN2C(=O)c3oc4ccc(Br)cc4c(=O)c3C2c2ccc(O)cc2)cc1. The van der Waals surface area contributed by atoms with E-state index in [0.29, 0.717) is 27.8 Å². The largest absolute Gasteiger partial charge is 0.508 e. The number of phenolic OH excluding ortho intramolecular Hbond substituents is 1. The molecule has 6 nitrogen and oxygen atoms in total. The van der Waals surface area contributed by atoms with Crippen LogP contribution in [0.15, 0.2) is 80.4 Å². The van der Waals surface area contributed by atoms with Crippen molar-refractivity contribution in [2.75, 3.05) is 7.11 Å². The van der Waals surface area contributed by atoms with Crippen LogP contribution in [-0.4, -0.2) is 23.0 Å². The maximum Gasteiger partial charge on any atom is 0.291 e. The molecule has 1 unspecified atom stereocenters. The fourth-order valence-corrected chi connectivity index (χ4v) is 4.45. The zero-order valence-corrected chi connectivity index (χ0v) is 18.6. The van der Waals surface area contributed by atoms with Crippen LogP contribution in [0.3, 0.4) is 0 Å². The standard InChI is InChI=1S/C25H18BrNO5/c1-31-18-9-2-14(3-10-18)13-27-22(15-4-7-17(28)8-5-15)21-23(29)19-12-16(26)6-11-20(19)32-24(21)25(27)30/h2-12,22,28H,13H2,1H3. The Hall–Kier alpha value is -3.58. The monoisotopic (exact) mass is 491 g/mol. The number of benzene rings is 3. The molecule has 3 aromatic carbocycles. The molecule has 0 saturated heterocycles. The molecular weight excluding hydrogens is 474 g/mol. The Bertz CT molecular complexity index is 1390. The number of amides is 1. The Morgan fingerprint density at radius 2 is 1.75 bits per heavy atom. The molecule has 0 bridgehead atoms. The number of phenols is 1. The van der Waals surface area contributed by atoms with Crippen molar-refractivity contribution in [2.45, 2.75) is 12.6 Å². The van der Waals surface area contributed by atoms with Crippen molar-refractivity contribution in [1.82, 2.24) is 4.90 Å². The third-order valence-electron chi connectivity index (χ3n) is 5.65. The minimum Gasteiger partial charge on any atom is -0.508 e. The average molecular weight is 492 g/mol. The minimum absolute atomic E-state index is 0.0522. The van der Waals surface area contributed by atoms with E-state index in [2.05, 4.69) is 15.9 Å². The lowest BCUT2D eigenvalue weighted by Crippen LogP contribution is -2.29. The first kappa shape index (κ1) is 20.3. The Labute approximate surface area is 191 Å². The Morgan fingerprint density at radius 3 is 2.44 bits per heavy atom. The van der Waals surface area contributed by atoms with E-state index in [1.165, 1.54) is 0 Å². The summed E-state index contributed by atoms with van der Waals surface area (Å²) >= 11 is 3.40. The number of hydrogen-bond donors (Lipinski definition) is 1. The summed E-state index contributed by atoms with van der Waals surface area (Å²) in [4.78, 5) is 28.6. The number of fused-ring (bicyclic) bond motifs is 2. The van der Waals surface area contributed by atoms with Crippen LogP contribution in [0.25, 0.3) is 11.0 Å². The van der Waals surface area contributed by atoms with Crippen LogP contribution < -0.4 is 10.2 Å². The lowest BCUT2D eigenvalue weighted by Gasteiger charge is -2.25. The summed E-state index contributed by atoms with van der Waals surface area (Å²) in [5.74, 6) is 0.523. The highest BCUT2D eigenvalue weighted by Gasteiger charge is 2.42. The minimum atomic E-state index is -0.639. The van der Waals surface area contributed by atoms with Crippen LogP contribution in [0.5, 0.6) is 11.5 Å². The fourth-order valence-electron chi connectivity index (χ4n) is 4.09. The van der Waals surface area contributed by atoms with Crippen LogP contribution in [0.4, 0.5) is 0 Å². The van der Waals surface area contributed by atoms with Crippen molar-refractivity contribution in [3.05, 3.63) is 104 Å². The zero-order chi connectivity index (χ0) is 22.4. The lowest BCUT2D eigenvalue weighted by molar-refractivity contribution is 0.0714. The van der Waals surface area contributed by atoms with E-state index in [1.807, 2.05) is 24.3 Å². The first-order chi connectivity index (χ1) is 15.5. The summed E-state index contributed by atoms with van der Waals surface area (Å²) in [7, 11) is 1.59. The van der Waals surface area contributed by atoms with Crippen molar-refractivity contribution in [3.63, 3.8) is 0 Å². The highest BCUT2D eigenvalue weighted by Crippen LogP contribution is 2.39. The first-order valence-corrected chi connectivity index (χ1v) is 10.7. The molecule has 0 spiro atoms. The van der Waals surface area contributed by atoms with E-state index in [0.717, 1.165) is 10.0 Å². The summed E-state index contributed by atoms with van der Waals surface area (Å²) in [6.07, 6.45) is 0. The van der Waals surface area contributed by atoms with E-state index in [9.17, 15) is 14.7 Å². The number of carbonyl (C=O) groups excluding carboxylic acids is 1. The highest BCUT2D eigenvalue weighted by atomic mass is 79.9. The van der Waals surface area contributed by atoms with E-state index in [4.69, 9.17) is 9.15 Å². The fraction of sp³-hybridized carbons (Fsp3) is 0.120. The van der Waals surface area contributed by atoms with E-state index in [1.54, 1.807) is 54.5 Å². The smallest absolute Gasteiger partial charge is 0.291 e. The predicted molar refractivity (Wildman–Crippen MR) is 123 cm³/mol. The van der Waals surface area contributed by atoms with Gasteiger partial charge in [0.1, 0.15) is 17.1 Å². The van der Waals surface area contributed by atoms with E-state index in [-0.39, 0.29) is 29.4 Å². The predicted octanol–water partition coefficient (Wildman–Crippen LogP) is 5.02. The number of nitrogens with zero attached hydrogens (tertiary/aromatic N) is 1. The number of hydrogen-bond acceptors (Lipinski definition) is 5. The molecule has 2 heterocycles. The Morgan fingerprint density at radius 1 is 1.03 bits per heavy atom. The van der Waals surface area contributed by atoms with Crippen molar-refractivity contribution in [2.24, 2.45) is 0 Å². The second kappa shape index (κ2) is 7.84. The van der Waals surface area contributed by atoms with Gasteiger partial charge in [-0.1, -0.05) is 40.2 Å². The van der Waals surface area contributed by atoms with Gasteiger partial charge in [0, 0.05) is 11.0 Å². The van der Waals surface area contributed by atoms with Gasteiger partial charge in [-0.25, -0.2) is 0 Å². The summed E-state index contributed by atoms with van der Waals surface area (Å²) in [6.45, 7) is 0.276. The number of methoxy groups -OCH3 is 1. The van der Waals surface area contributed by atoms with E-state index >= 15 is 0 Å². The van der Waals surface area contributed by atoms with Gasteiger partial charge in [-0.05, 0) is 53.6 Å². The van der Waals surface area contributed by atoms with Gasteiger partial charge in [-0.2, -0.15) is 0 Å². The molecule has 1 aliphatic rings. The van der Waals surface area contributed by atoms with Crippen molar-refractivity contribution in [1.29, 1.82) is 0 Å². The number of carbonyl (C=O) groups is 1. The van der Waals surface area contributed by atoms with Crippen molar-refractivity contribution in [3.8, 4) is 11.5 Å². The third-order valence-corrected chi connectivity index (χ3v) is 6.14. The van der Waals surface area contributed by atoms with E-state index < -0.39 is 6.04 Å². The normalized spacial score (nSPS) is 15.2. The van der Waals surface area contributed by atoms with Crippen molar-refractivity contribution < 1.29 is 19.1 Å². The average Bonchev–Trinajstić information content (AvgIpc) is 3.07. The van der Waals surface area contributed by atoms with Crippen LogP contribution in [0, 0.1) is 0 Å². The maximum absolute atomic E-state index is 13.5. The van der Waals surface area contributed by atoms with Gasteiger partial charge in [0.2, 0.25) is 5.76 Å². The molecule has 0 radical (unpaired) electrons. The van der Waals surface area contributed by atoms with Crippen molar-refractivity contribution >= 4 is 32.8 Å². The lowest BCUT2D eigenvalue weighted by atomic mass is 9.98. The van der Waals surface area contributed by atoms with Gasteiger partial charge in [-0.3, -0.25) is 9.59 Å². The second-order valence-corrected chi connectivity index (χ2v) is 8.51. The molecule has 4 aromatic rings. The van der Waals surface area contributed by atoms with Crippen LogP contribution >= 0.6 is 15.9 Å². The van der Waals surface area contributed by atoms with Crippen LogP contribution in [-0.2, 0) is 6.54 Å². The molecule has 5 rings (SSSR count). The number of rotatable bonds is 4. The quantitative estimate of drug-likeness (QED) is 0.433. The molecule has 1 atom stereocenters. The Balaban J connectivity index is 1.68. The third kappa shape index (κ3) is 3.35. The zero-order valence-electron chi connectivity index (χ0n) is 17.0. The summed E-state index contributed by atoms with van der Waals surface area (Å²) in [5.41, 5.74) is 2.02. The topological polar surface area (TPSA) is 80.0 Å². The summed E-state index contributed by atoms with van der Waals surface area (Å²) < 4.78 is 11.9. The molecule has 160 valence electrons. The summed E-state index contributed by atoms with van der Waals surface area (Å²) in [5, 5.41) is 10.1. The van der Waals surface area contributed by atoms with Crippen LogP contribution in [0.1, 0.15) is 33.3 Å². The van der Waals surface area contributed by atoms with Crippen LogP contribution in [0.2, 0.25) is 0 Å². The molecule has 1 amide bonds. The second-order valence-electron chi connectivity index (χ2n) is 7.59. The molecular formula is C25H18BrNO5. The molecule has 0 fully saturated rings. The molecule has 1 aromatic heterocycles. The number of aromatic hydroxyl groups is 1. The summed E-state index contributed by atoms with van der Waals surface area (Å²) in [6, 6.07) is 18.4. The van der Waals surface area contributed by atoms with Gasteiger partial charge in [0.15, 0.2) is 5.43 Å². The molecule has 1 aliphatic heterocycles. The van der Waals surface area contributed by atoms with Gasteiger partial charge < -0.3 is 19.2 Å². The Kier molecular flexibility index (Phi) is 4.98. The van der Waals surface area contributed by atoms with Gasteiger partial charge in [-0.15, -0.1) is 0 Å². The number of ether oxygens (including phenoxy) is 1. The molecule has 1 N–H and O–H groups in total. The molecule has 0 saturated carbocycles.